The van der Waals surface area contributed by atoms with Gasteiger partial charge in [0, 0.05) is 13.1 Å². The monoisotopic (exact) mass is 384 g/mol. The van der Waals surface area contributed by atoms with Crippen LogP contribution in [0.5, 0.6) is 0 Å². The molecule has 0 heterocycles. The molecule has 0 bridgehead atoms. The zero-order valence-electron chi connectivity index (χ0n) is 15.1. The van der Waals surface area contributed by atoms with Crippen LogP contribution >= 0.6 is 0 Å². The van der Waals surface area contributed by atoms with Crippen molar-refractivity contribution in [3.05, 3.63) is 29.8 Å². The minimum atomic E-state index is -3.88. The van der Waals surface area contributed by atoms with Crippen LogP contribution in [0.3, 0.4) is 0 Å². The molecular weight excluding hydrogens is 360 g/mol. The van der Waals surface area contributed by atoms with E-state index in [0.717, 1.165) is 25.7 Å². The van der Waals surface area contributed by atoms with Crippen LogP contribution in [0.2, 0.25) is 0 Å². The highest BCUT2D eigenvalue weighted by Crippen LogP contribution is 2.19. The van der Waals surface area contributed by atoms with Crippen LogP contribution < -0.4 is 5.32 Å². The van der Waals surface area contributed by atoms with Crippen molar-refractivity contribution in [1.82, 2.24) is 9.79 Å². The van der Waals surface area contributed by atoms with Gasteiger partial charge in [0.15, 0.2) is 6.10 Å². The number of sulfonamides is 1. The lowest BCUT2D eigenvalue weighted by Crippen LogP contribution is -2.40. The standard InChI is InChI=1S/C17H24N2O6S/c1-12(16(20)18-14-8-4-5-9-14)25-17(21)13-7-6-10-15(11-13)26(22,23)19(2)24-3/h6-7,10-12,14H,4-5,8-9H2,1-3H3,(H,18,20)/t12-/m1/s1. The summed E-state index contributed by atoms with van der Waals surface area (Å²) >= 11 is 0. The SMILES string of the molecule is CON(C)S(=O)(=O)c1cccc(C(=O)O[C@H](C)C(=O)NC2CCCC2)c1. The first-order valence-electron chi connectivity index (χ1n) is 8.40. The van der Waals surface area contributed by atoms with Gasteiger partial charge in [0.1, 0.15) is 0 Å². The summed E-state index contributed by atoms with van der Waals surface area (Å²) in [6.07, 6.45) is 3.05. The summed E-state index contributed by atoms with van der Waals surface area (Å²) in [6.45, 7) is 1.49. The fourth-order valence-corrected chi connectivity index (χ4v) is 3.72. The summed E-state index contributed by atoms with van der Waals surface area (Å²) in [5, 5.41) is 2.86. The van der Waals surface area contributed by atoms with Gasteiger partial charge < -0.3 is 10.1 Å². The molecule has 1 atom stereocenters. The van der Waals surface area contributed by atoms with E-state index in [1.165, 1.54) is 45.3 Å². The number of rotatable bonds is 7. The van der Waals surface area contributed by atoms with Crippen molar-refractivity contribution in [2.24, 2.45) is 0 Å². The first-order valence-corrected chi connectivity index (χ1v) is 9.84. The lowest BCUT2D eigenvalue weighted by atomic mass is 10.2. The Balaban J connectivity index is 2.05. The van der Waals surface area contributed by atoms with Gasteiger partial charge in [0.05, 0.1) is 17.6 Å². The van der Waals surface area contributed by atoms with E-state index in [-0.39, 0.29) is 22.4 Å². The zero-order valence-corrected chi connectivity index (χ0v) is 15.9. The van der Waals surface area contributed by atoms with Crippen LogP contribution in [-0.4, -0.2) is 51.1 Å². The topological polar surface area (TPSA) is 102 Å². The second-order valence-corrected chi connectivity index (χ2v) is 8.10. The molecule has 1 fully saturated rings. The number of hydrogen-bond acceptors (Lipinski definition) is 6. The molecule has 26 heavy (non-hydrogen) atoms. The fourth-order valence-electron chi connectivity index (χ4n) is 2.70. The third-order valence-corrected chi connectivity index (χ3v) is 5.99. The Labute approximate surface area is 153 Å². The maximum absolute atomic E-state index is 12.3. The average Bonchev–Trinajstić information content (AvgIpc) is 3.13. The Bertz CT molecular complexity index is 758. The third kappa shape index (κ3) is 4.80. The average molecular weight is 384 g/mol. The van der Waals surface area contributed by atoms with E-state index < -0.39 is 22.1 Å². The highest BCUT2D eigenvalue weighted by atomic mass is 32.2. The smallest absolute Gasteiger partial charge is 0.338 e. The van der Waals surface area contributed by atoms with Gasteiger partial charge in [-0.25, -0.2) is 13.2 Å². The highest BCUT2D eigenvalue weighted by Gasteiger charge is 2.25. The number of amides is 1. The molecule has 0 saturated heterocycles. The summed E-state index contributed by atoms with van der Waals surface area (Å²) in [5.74, 6) is -1.12. The van der Waals surface area contributed by atoms with Crippen LogP contribution in [0, 0.1) is 0 Å². The van der Waals surface area contributed by atoms with Gasteiger partial charge in [-0.2, -0.15) is 0 Å². The number of nitrogens with one attached hydrogen (secondary N) is 1. The first kappa shape index (κ1) is 20.3. The molecule has 1 amide bonds. The van der Waals surface area contributed by atoms with Gasteiger partial charge >= 0.3 is 5.97 Å². The molecule has 1 aliphatic carbocycles. The van der Waals surface area contributed by atoms with Crippen LogP contribution in [0.4, 0.5) is 0 Å². The van der Waals surface area contributed by atoms with Crippen molar-refractivity contribution < 1.29 is 27.6 Å². The van der Waals surface area contributed by atoms with Crippen molar-refractivity contribution in [2.45, 2.75) is 49.6 Å². The second kappa shape index (κ2) is 8.61. The number of carbonyl (C=O) groups excluding carboxylic acids is 2. The van der Waals surface area contributed by atoms with Gasteiger partial charge in [-0.15, -0.1) is 0 Å². The Morgan fingerprint density at radius 1 is 1.27 bits per heavy atom. The maximum Gasteiger partial charge on any atom is 0.338 e. The van der Waals surface area contributed by atoms with Crippen molar-refractivity contribution in [3.8, 4) is 0 Å². The van der Waals surface area contributed by atoms with E-state index in [9.17, 15) is 18.0 Å². The number of carbonyl (C=O) groups is 2. The van der Waals surface area contributed by atoms with Crippen molar-refractivity contribution in [2.75, 3.05) is 14.2 Å². The van der Waals surface area contributed by atoms with E-state index >= 15 is 0 Å². The molecule has 0 radical (unpaired) electrons. The Kier molecular flexibility index (Phi) is 6.74. The van der Waals surface area contributed by atoms with Gasteiger partial charge in [0.2, 0.25) is 0 Å². The van der Waals surface area contributed by atoms with Gasteiger partial charge in [0.25, 0.3) is 15.9 Å². The summed E-state index contributed by atoms with van der Waals surface area (Å²) in [6, 6.07) is 5.51. The van der Waals surface area contributed by atoms with Crippen LogP contribution in [0.15, 0.2) is 29.2 Å². The molecule has 9 heteroatoms. The van der Waals surface area contributed by atoms with Crippen molar-refractivity contribution in [3.63, 3.8) is 0 Å². The zero-order chi connectivity index (χ0) is 19.3. The van der Waals surface area contributed by atoms with Crippen LogP contribution in [0.1, 0.15) is 43.0 Å². The summed E-state index contributed by atoms with van der Waals surface area (Å²) < 4.78 is 30.4. The quantitative estimate of drug-likeness (QED) is 0.564. The predicted octanol–water partition coefficient (Wildman–Crippen LogP) is 1.47. The van der Waals surface area contributed by atoms with Crippen molar-refractivity contribution in [1.29, 1.82) is 0 Å². The van der Waals surface area contributed by atoms with E-state index in [2.05, 4.69) is 5.32 Å². The molecule has 0 spiro atoms. The second-order valence-electron chi connectivity index (χ2n) is 6.16. The summed E-state index contributed by atoms with van der Waals surface area (Å²) in [5.41, 5.74) is 0.0381. The number of nitrogens with zero attached hydrogens (tertiary/aromatic N) is 1. The Morgan fingerprint density at radius 2 is 1.92 bits per heavy atom. The summed E-state index contributed by atoms with van der Waals surface area (Å²) in [4.78, 5) is 29.0. The molecule has 0 aromatic heterocycles. The molecule has 144 valence electrons. The largest absolute Gasteiger partial charge is 0.449 e. The number of benzene rings is 1. The van der Waals surface area contributed by atoms with E-state index in [1.807, 2.05) is 0 Å². The molecule has 1 aromatic rings. The number of hydrogen-bond donors (Lipinski definition) is 1. The molecule has 1 saturated carbocycles. The molecule has 1 aromatic carbocycles. The molecular formula is C17H24N2O6S. The van der Waals surface area contributed by atoms with Crippen LogP contribution in [-0.2, 0) is 24.4 Å². The molecule has 0 unspecified atom stereocenters. The summed E-state index contributed by atoms with van der Waals surface area (Å²) in [7, 11) is -1.41. The van der Waals surface area contributed by atoms with Crippen molar-refractivity contribution >= 4 is 21.9 Å². The molecule has 1 N–H and O–H groups in total. The number of hydroxylamine groups is 1. The lowest BCUT2D eigenvalue weighted by molar-refractivity contribution is -0.129. The number of esters is 1. The first-order chi connectivity index (χ1) is 12.3. The maximum atomic E-state index is 12.3. The number of ether oxygens (including phenoxy) is 1. The normalized spacial score (nSPS) is 16.5. The van der Waals surface area contributed by atoms with E-state index in [0.29, 0.717) is 4.47 Å². The molecule has 1 aliphatic rings. The molecule has 8 nitrogen and oxygen atoms in total. The fraction of sp³-hybridized carbons (Fsp3) is 0.529. The highest BCUT2D eigenvalue weighted by molar-refractivity contribution is 7.89. The lowest BCUT2D eigenvalue weighted by Gasteiger charge is -2.17. The van der Waals surface area contributed by atoms with E-state index in [1.54, 1.807) is 0 Å². The molecule has 2 rings (SSSR count). The Morgan fingerprint density at radius 3 is 2.54 bits per heavy atom. The van der Waals surface area contributed by atoms with Gasteiger partial charge in [-0.05, 0) is 38.0 Å². The minimum absolute atomic E-state index is 0.0381. The van der Waals surface area contributed by atoms with Crippen LogP contribution in [0.25, 0.3) is 0 Å². The van der Waals surface area contributed by atoms with Gasteiger partial charge in [-0.3, -0.25) is 9.63 Å². The minimum Gasteiger partial charge on any atom is -0.449 e. The third-order valence-electron chi connectivity index (χ3n) is 4.32. The Hall–Kier alpha value is -1.97. The van der Waals surface area contributed by atoms with E-state index in [4.69, 9.17) is 9.57 Å². The molecule has 0 aliphatic heterocycles. The predicted molar refractivity (Wildman–Crippen MR) is 93.7 cm³/mol. The van der Waals surface area contributed by atoms with Gasteiger partial charge in [-0.1, -0.05) is 23.4 Å².